The first-order valence-electron chi connectivity index (χ1n) is 9.80. The number of aromatic nitrogens is 3. The molecule has 1 fully saturated rings. The number of ether oxygens (including phenoxy) is 2. The molecule has 2 aromatic heterocycles. The van der Waals surface area contributed by atoms with Gasteiger partial charge in [-0.25, -0.2) is 15.0 Å². The van der Waals surface area contributed by atoms with Gasteiger partial charge < -0.3 is 19.7 Å². The molecule has 4 rings (SSSR count). The molecule has 0 unspecified atom stereocenters. The van der Waals surface area contributed by atoms with Gasteiger partial charge in [-0.15, -0.1) is 0 Å². The lowest BCUT2D eigenvalue weighted by molar-refractivity contribution is 0.122. The van der Waals surface area contributed by atoms with E-state index in [1.54, 1.807) is 13.4 Å². The van der Waals surface area contributed by atoms with E-state index in [9.17, 15) is 0 Å². The summed E-state index contributed by atoms with van der Waals surface area (Å²) in [5.41, 5.74) is 2.98. The maximum absolute atomic E-state index is 5.41. The highest BCUT2D eigenvalue weighted by molar-refractivity contribution is 5.62. The van der Waals surface area contributed by atoms with Crippen LogP contribution in [0.25, 0.3) is 11.3 Å². The van der Waals surface area contributed by atoms with Gasteiger partial charge in [0.25, 0.3) is 0 Å². The second kappa shape index (κ2) is 9.34. The average molecular weight is 391 g/mol. The highest BCUT2D eigenvalue weighted by Crippen LogP contribution is 2.22. The first-order valence-corrected chi connectivity index (χ1v) is 9.80. The fourth-order valence-corrected chi connectivity index (χ4v) is 3.36. The van der Waals surface area contributed by atoms with Gasteiger partial charge in [0.2, 0.25) is 0 Å². The summed E-state index contributed by atoms with van der Waals surface area (Å²) in [6.45, 7) is 4.00. The minimum Gasteiger partial charge on any atom is -0.496 e. The van der Waals surface area contributed by atoms with Crippen LogP contribution in [0.3, 0.4) is 0 Å². The molecule has 3 aromatic rings. The van der Waals surface area contributed by atoms with E-state index in [4.69, 9.17) is 9.47 Å². The van der Waals surface area contributed by atoms with Crippen molar-refractivity contribution in [2.75, 3.05) is 50.2 Å². The van der Waals surface area contributed by atoms with Gasteiger partial charge in [0, 0.05) is 37.5 Å². The Hall–Kier alpha value is -3.19. The Bertz CT molecular complexity index is 926. The predicted octanol–water partition coefficient (Wildman–Crippen LogP) is 3.04. The molecule has 1 saturated heterocycles. The summed E-state index contributed by atoms with van der Waals surface area (Å²) in [6.07, 6.45) is 4.29. The van der Waals surface area contributed by atoms with Gasteiger partial charge in [-0.1, -0.05) is 18.2 Å². The number of nitrogens with one attached hydrogen (secondary N) is 1. The first-order chi connectivity index (χ1) is 14.3. The number of morpholine rings is 1. The third kappa shape index (κ3) is 4.81. The van der Waals surface area contributed by atoms with Gasteiger partial charge in [0.1, 0.15) is 23.7 Å². The van der Waals surface area contributed by atoms with E-state index in [2.05, 4.69) is 37.3 Å². The van der Waals surface area contributed by atoms with Crippen molar-refractivity contribution in [3.63, 3.8) is 0 Å². The molecule has 0 atom stereocenters. The third-order valence-electron chi connectivity index (χ3n) is 4.94. The zero-order valence-corrected chi connectivity index (χ0v) is 16.5. The molecule has 29 heavy (non-hydrogen) atoms. The number of nitrogens with zero attached hydrogens (tertiary/aromatic N) is 4. The van der Waals surface area contributed by atoms with Crippen molar-refractivity contribution in [1.29, 1.82) is 0 Å². The van der Waals surface area contributed by atoms with Crippen LogP contribution in [0.15, 0.2) is 55.0 Å². The van der Waals surface area contributed by atoms with Gasteiger partial charge >= 0.3 is 0 Å². The Morgan fingerprint density at radius 2 is 1.93 bits per heavy atom. The van der Waals surface area contributed by atoms with Crippen LogP contribution in [-0.2, 0) is 11.2 Å². The van der Waals surface area contributed by atoms with E-state index in [0.29, 0.717) is 0 Å². The number of pyridine rings is 1. The Labute approximate surface area is 170 Å². The molecular weight excluding hydrogens is 366 g/mol. The van der Waals surface area contributed by atoms with Crippen LogP contribution in [0.1, 0.15) is 5.56 Å². The number of methoxy groups -OCH3 is 1. The summed E-state index contributed by atoms with van der Waals surface area (Å²) >= 11 is 0. The molecule has 1 aliphatic rings. The van der Waals surface area contributed by atoms with E-state index < -0.39 is 0 Å². The molecule has 7 nitrogen and oxygen atoms in total. The molecule has 1 aromatic carbocycles. The number of hydrogen-bond acceptors (Lipinski definition) is 7. The Balaban J connectivity index is 1.39. The molecule has 7 heteroatoms. The highest BCUT2D eigenvalue weighted by atomic mass is 16.5. The van der Waals surface area contributed by atoms with Crippen molar-refractivity contribution in [1.82, 2.24) is 15.0 Å². The van der Waals surface area contributed by atoms with Crippen molar-refractivity contribution in [2.24, 2.45) is 0 Å². The fraction of sp³-hybridized carbons (Fsp3) is 0.318. The maximum Gasteiger partial charge on any atom is 0.129 e. The summed E-state index contributed by atoms with van der Waals surface area (Å²) in [6, 6.07) is 14.1. The van der Waals surface area contributed by atoms with Gasteiger partial charge in [-0.05, 0) is 30.2 Å². The number of anilines is 2. The van der Waals surface area contributed by atoms with Crippen LogP contribution in [0.4, 0.5) is 11.6 Å². The van der Waals surface area contributed by atoms with E-state index in [-0.39, 0.29) is 0 Å². The molecule has 0 radical (unpaired) electrons. The second-order valence-corrected chi connectivity index (χ2v) is 6.78. The summed E-state index contributed by atoms with van der Waals surface area (Å²) in [5, 5.41) is 3.37. The van der Waals surface area contributed by atoms with Crippen molar-refractivity contribution in [3.05, 3.63) is 60.6 Å². The van der Waals surface area contributed by atoms with E-state index in [1.165, 1.54) is 5.56 Å². The second-order valence-electron chi connectivity index (χ2n) is 6.78. The first kappa shape index (κ1) is 19.1. The minimum atomic E-state index is 0.749. The maximum atomic E-state index is 5.41. The molecule has 150 valence electrons. The molecule has 0 saturated carbocycles. The summed E-state index contributed by atoms with van der Waals surface area (Å²) in [4.78, 5) is 15.6. The quantitative estimate of drug-likeness (QED) is 0.664. The number of para-hydroxylation sites is 1. The SMILES string of the molecule is COc1ccccc1CCNc1cc(-c2ccc(N3CCOCC3)nc2)ncn1. The fourth-order valence-electron chi connectivity index (χ4n) is 3.36. The van der Waals surface area contributed by atoms with Gasteiger partial charge in [-0.3, -0.25) is 0 Å². The molecule has 3 heterocycles. The predicted molar refractivity (Wildman–Crippen MR) is 113 cm³/mol. The van der Waals surface area contributed by atoms with Crippen molar-refractivity contribution in [3.8, 4) is 17.0 Å². The molecule has 0 spiro atoms. The number of benzene rings is 1. The monoisotopic (exact) mass is 391 g/mol. The lowest BCUT2D eigenvalue weighted by Crippen LogP contribution is -2.36. The number of rotatable bonds is 7. The van der Waals surface area contributed by atoms with Gasteiger partial charge in [0.15, 0.2) is 0 Å². The van der Waals surface area contributed by atoms with E-state index in [0.717, 1.165) is 67.9 Å². The van der Waals surface area contributed by atoms with Crippen LogP contribution in [-0.4, -0.2) is 54.9 Å². The van der Waals surface area contributed by atoms with E-state index >= 15 is 0 Å². The Morgan fingerprint density at radius 3 is 2.72 bits per heavy atom. The summed E-state index contributed by atoms with van der Waals surface area (Å²) in [5.74, 6) is 2.67. The normalized spacial score (nSPS) is 13.9. The summed E-state index contributed by atoms with van der Waals surface area (Å²) < 4.78 is 10.8. The van der Waals surface area contributed by atoms with Crippen molar-refractivity contribution >= 4 is 11.6 Å². The van der Waals surface area contributed by atoms with Crippen molar-refractivity contribution in [2.45, 2.75) is 6.42 Å². The van der Waals surface area contributed by atoms with Crippen LogP contribution in [0.5, 0.6) is 5.75 Å². The summed E-state index contributed by atoms with van der Waals surface area (Å²) in [7, 11) is 1.70. The molecule has 0 amide bonds. The van der Waals surface area contributed by atoms with Gasteiger partial charge in [0.05, 0.1) is 26.0 Å². The van der Waals surface area contributed by atoms with Crippen molar-refractivity contribution < 1.29 is 9.47 Å². The smallest absolute Gasteiger partial charge is 0.129 e. The Morgan fingerprint density at radius 1 is 1.07 bits per heavy atom. The standard InChI is InChI=1S/C22H25N5O2/c1-28-20-5-3-2-4-17(20)8-9-23-21-14-19(25-16-26-21)18-6-7-22(24-15-18)27-10-12-29-13-11-27/h2-7,14-16H,8-13H2,1H3,(H,23,25,26). The topological polar surface area (TPSA) is 72.4 Å². The van der Waals surface area contributed by atoms with E-state index in [1.807, 2.05) is 36.5 Å². The largest absolute Gasteiger partial charge is 0.496 e. The Kier molecular flexibility index (Phi) is 6.16. The van der Waals surface area contributed by atoms with Gasteiger partial charge in [-0.2, -0.15) is 0 Å². The highest BCUT2D eigenvalue weighted by Gasteiger charge is 2.12. The lowest BCUT2D eigenvalue weighted by Gasteiger charge is -2.27. The molecule has 0 aliphatic carbocycles. The molecule has 1 aliphatic heterocycles. The molecule has 0 bridgehead atoms. The zero-order valence-electron chi connectivity index (χ0n) is 16.5. The minimum absolute atomic E-state index is 0.749. The van der Waals surface area contributed by atoms with Crippen LogP contribution < -0.4 is 15.0 Å². The lowest BCUT2D eigenvalue weighted by atomic mass is 10.1. The van der Waals surface area contributed by atoms with Crippen LogP contribution >= 0.6 is 0 Å². The molecular formula is C22H25N5O2. The average Bonchev–Trinajstić information content (AvgIpc) is 2.80. The van der Waals surface area contributed by atoms with Crippen LogP contribution in [0, 0.1) is 0 Å². The van der Waals surface area contributed by atoms with Crippen LogP contribution in [0.2, 0.25) is 0 Å². The molecule has 1 N–H and O–H groups in total. The third-order valence-corrected chi connectivity index (χ3v) is 4.94. The number of hydrogen-bond donors (Lipinski definition) is 1. The zero-order chi connectivity index (χ0) is 19.9.